The van der Waals surface area contributed by atoms with Crippen molar-refractivity contribution in [1.29, 1.82) is 0 Å². The van der Waals surface area contributed by atoms with Crippen molar-refractivity contribution in [2.24, 2.45) is 5.92 Å². The zero-order chi connectivity index (χ0) is 10.2. The molecule has 0 atom stereocenters. The lowest BCUT2D eigenvalue weighted by atomic mass is 10.1. The second kappa shape index (κ2) is 3.55. The van der Waals surface area contributed by atoms with Crippen molar-refractivity contribution < 1.29 is 8.42 Å². The summed E-state index contributed by atoms with van der Waals surface area (Å²) in [7, 11) is -1.54. The highest BCUT2D eigenvalue weighted by Gasteiger charge is 2.36. The first-order valence-corrected chi connectivity index (χ1v) is 5.98. The van der Waals surface area contributed by atoms with Gasteiger partial charge in [0.25, 0.3) is 10.2 Å². The molecule has 1 fully saturated rings. The van der Waals surface area contributed by atoms with Gasteiger partial charge >= 0.3 is 0 Å². The molecule has 1 rings (SSSR count). The minimum atomic E-state index is -3.17. The standard InChI is InChI=1S/C8H18N2O2S/c1-7(2)9(4)13(11,12)10-5-8(3)6-10/h7-8H,5-6H2,1-4H3. The molecule has 13 heavy (non-hydrogen) atoms. The van der Waals surface area contributed by atoms with Crippen molar-refractivity contribution in [1.82, 2.24) is 8.61 Å². The van der Waals surface area contributed by atoms with E-state index < -0.39 is 10.2 Å². The van der Waals surface area contributed by atoms with Crippen LogP contribution < -0.4 is 0 Å². The van der Waals surface area contributed by atoms with E-state index in [0.29, 0.717) is 19.0 Å². The van der Waals surface area contributed by atoms with Crippen molar-refractivity contribution in [3.05, 3.63) is 0 Å². The molecule has 1 aliphatic heterocycles. The zero-order valence-electron chi connectivity index (χ0n) is 8.69. The Hall–Kier alpha value is -0.130. The van der Waals surface area contributed by atoms with Crippen molar-refractivity contribution in [2.45, 2.75) is 26.8 Å². The summed E-state index contributed by atoms with van der Waals surface area (Å²) in [4.78, 5) is 0. The molecule has 1 aliphatic rings. The molecule has 0 aromatic carbocycles. The molecule has 0 aliphatic carbocycles. The van der Waals surface area contributed by atoms with E-state index in [9.17, 15) is 8.42 Å². The average molecular weight is 206 g/mol. The summed E-state index contributed by atoms with van der Waals surface area (Å²) in [6.07, 6.45) is 0. The molecule has 0 spiro atoms. The Morgan fingerprint density at radius 2 is 1.85 bits per heavy atom. The third-order valence-electron chi connectivity index (χ3n) is 2.45. The van der Waals surface area contributed by atoms with Crippen LogP contribution in [-0.4, -0.2) is 43.2 Å². The maximum absolute atomic E-state index is 11.8. The molecule has 5 heteroatoms. The lowest BCUT2D eigenvalue weighted by Crippen LogP contribution is -2.54. The Bertz CT molecular complexity index is 268. The summed E-state index contributed by atoms with van der Waals surface area (Å²) >= 11 is 0. The molecular weight excluding hydrogens is 188 g/mol. The lowest BCUT2D eigenvalue weighted by molar-refractivity contribution is 0.199. The molecule has 0 N–H and O–H groups in total. The number of nitrogens with zero attached hydrogens (tertiary/aromatic N) is 2. The smallest absolute Gasteiger partial charge is 0.195 e. The van der Waals surface area contributed by atoms with E-state index in [4.69, 9.17) is 0 Å². The highest BCUT2D eigenvalue weighted by atomic mass is 32.2. The van der Waals surface area contributed by atoms with Gasteiger partial charge in [-0.05, 0) is 19.8 Å². The Morgan fingerprint density at radius 3 is 2.15 bits per heavy atom. The summed E-state index contributed by atoms with van der Waals surface area (Å²) in [5.41, 5.74) is 0. The molecule has 0 aromatic rings. The Labute approximate surface area is 80.7 Å². The fraction of sp³-hybridized carbons (Fsp3) is 1.00. The minimum Gasteiger partial charge on any atom is -0.195 e. The fourth-order valence-corrected chi connectivity index (χ4v) is 3.06. The first kappa shape index (κ1) is 10.9. The summed E-state index contributed by atoms with van der Waals surface area (Å²) in [6.45, 7) is 7.14. The van der Waals surface area contributed by atoms with Crippen LogP contribution in [0.15, 0.2) is 0 Å². The topological polar surface area (TPSA) is 40.6 Å². The molecule has 0 amide bonds. The van der Waals surface area contributed by atoms with Crippen LogP contribution in [0, 0.1) is 5.92 Å². The highest BCUT2D eigenvalue weighted by Crippen LogP contribution is 2.21. The van der Waals surface area contributed by atoms with Crippen LogP contribution in [0.2, 0.25) is 0 Å². The SMILES string of the molecule is CC1CN(S(=O)(=O)N(C)C(C)C)C1. The number of rotatable bonds is 3. The van der Waals surface area contributed by atoms with Crippen LogP contribution in [0.3, 0.4) is 0 Å². The van der Waals surface area contributed by atoms with Crippen molar-refractivity contribution in [2.75, 3.05) is 20.1 Å². The average Bonchev–Trinajstić information content (AvgIpc) is 1.96. The van der Waals surface area contributed by atoms with E-state index in [1.807, 2.05) is 13.8 Å². The summed E-state index contributed by atoms with van der Waals surface area (Å²) in [5, 5.41) is 0. The molecule has 0 radical (unpaired) electrons. The minimum absolute atomic E-state index is 0.0286. The van der Waals surface area contributed by atoms with Gasteiger partial charge in [0.2, 0.25) is 0 Å². The summed E-state index contributed by atoms with van der Waals surface area (Å²) in [6, 6.07) is 0.0286. The quantitative estimate of drug-likeness (QED) is 0.675. The van der Waals surface area contributed by atoms with E-state index in [0.717, 1.165) is 0 Å². The van der Waals surface area contributed by atoms with Gasteiger partial charge in [-0.2, -0.15) is 17.0 Å². The third-order valence-corrected chi connectivity index (χ3v) is 4.55. The lowest BCUT2D eigenvalue weighted by Gasteiger charge is -2.39. The van der Waals surface area contributed by atoms with Gasteiger partial charge < -0.3 is 0 Å². The van der Waals surface area contributed by atoms with Crippen molar-refractivity contribution >= 4 is 10.2 Å². The van der Waals surface area contributed by atoms with Crippen molar-refractivity contribution in [3.8, 4) is 0 Å². The predicted molar refractivity (Wildman–Crippen MR) is 52.6 cm³/mol. The molecule has 1 saturated heterocycles. The first-order chi connectivity index (χ1) is 5.85. The monoisotopic (exact) mass is 206 g/mol. The van der Waals surface area contributed by atoms with E-state index >= 15 is 0 Å². The Kier molecular flexibility index (Phi) is 2.99. The number of hydrogen-bond donors (Lipinski definition) is 0. The van der Waals surface area contributed by atoms with E-state index in [1.54, 1.807) is 7.05 Å². The molecule has 78 valence electrons. The predicted octanol–water partition coefficient (Wildman–Crippen LogP) is 0.523. The van der Waals surface area contributed by atoms with Gasteiger partial charge in [-0.1, -0.05) is 6.92 Å². The van der Waals surface area contributed by atoms with Crippen LogP contribution >= 0.6 is 0 Å². The summed E-state index contributed by atoms with van der Waals surface area (Å²) < 4.78 is 26.4. The fourth-order valence-electron chi connectivity index (χ4n) is 1.28. The van der Waals surface area contributed by atoms with Gasteiger partial charge in [0, 0.05) is 26.2 Å². The highest BCUT2D eigenvalue weighted by molar-refractivity contribution is 7.86. The van der Waals surface area contributed by atoms with Gasteiger partial charge in [-0.3, -0.25) is 0 Å². The van der Waals surface area contributed by atoms with Crippen LogP contribution in [0.25, 0.3) is 0 Å². The zero-order valence-corrected chi connectivity index (χ0v) is 9.50. The molecule has 0 saturated carbocycles. The van der Waals surface area contributed by atoms with Gasteiger partial charge in [0.05, 0.1) is 0 Å². The van der Waals surface area contributed by atoms with Crippen molar-refractivity contribution in [3.63, 3.8) is 0 Å². The maximum atomic E-state index is 11.8. The summed E-state index contributed by atoms with van der Waals surface area (Å²) in [5.74, 6) is 0.510. The molecule has 1 heterocycles. The molecule has 0 aromatic heterocycles. The van der Waals surface area contributed by atoms with Crippen LogP contribution in [0.5, 0.6) is 0 Å². The third kappa shape index (κ3) is 2.03. The Morgan fingerprint density at radius 1 is 1.38 bits per heavy atom. The molecule has 0 bridgehead atoms. The maximum Gasteiger partial charge on any atom is 0.281 e. The second-order valence-corrected chi connectivity index (χ2v) is 6.03. The van der Waals surface area contributed by atoms with Crippen LogP contribution in [0.1, 0.15) is 20.8 Å². The van der Waals surface area contributed by atoms with Crippen LogP contribution in [0.4, 0.5) is 0 Å². The second-order valence-electron chi connectivity index (χ2n) is 4.04. The van der Waals surface area contributed by atoms with Gasteiger partial charge in [0.1, 0.15) is 0 Å². The van der Waals surface area contributed by atoms with Gasteiger partial charge in [0.15, 0.2) is 0 Å². The van der Waals surface area contributed by atoms with E-state index in [-0.39, 0.29) is 6.04 Å². The largest absolute Gasteiger partial charge is 0.281 e. The first-order valence-electron chi connectivity index (χ1n) is 4.58. The van der Waals surface area contributed by atoms with E-state index in [1.165, 1.54) is 8.61 Å². The van der Waals surface area contributed by atoms with Gasteiger partial charge in [-0.15, -0.1) is 0 Å². The molecular formula is C8H18N2O2S. The number of hydrogen-bond acceptors (Lipinski definition) is 2. The molecule has 0 unspecified atom stereocenters. The normalized spacial score (nSPS) is 21.1. The van der Waals surface area contributed by atoms with Gasteiger partial charge in [-0.25, -0.2) is 0 Å². The van der Waals surface area contributed by atoms with E-state index in [2.05, 4.69) is 6.92 Å². The molecule has 4 nitrogen and oxygen atoms in total. The van der Waals surface area contributed by atoms with Crippen LogP contribution in [-0.2, 0) is 10.2 Å². The Balaban J connectivity index is 2.67.